The van der Waals surface area contributed by atoms with E-state index in [0.29, 0.717) is 99.8 Å². The van der Waals surface area contributed by atoms with Crippen molar-refractivity contribution in [1.29, 1.82) is 0 Å². The smallest absolute Gasteiger partial charge is 0.194 e. The Morgan fingerprint density at radius 1 is 0.444 bits per heavy atom. The molecule has 5 rings (SSSR count). The standard InChI is InChI=1S/C28H28O8/c29-27-21-3-1-2-4-22(21)28(30)24-16-20-18-26-25(17-19(20)15-23(24)27)35-13-11-33-9-7-31-5-6-32-8-10-34-12-14-36-26/h1-4,15-18H,5-14H2. The number of carbonyl (C=O) groups is 2. The van der Waals surface area contributed by atoms with Gasteiger partial charge in [-0.25, -0.2) is 0 Å². The van der Waals surface area contributed by atoms with E-state index in [9.17, 15) is 9.59 Å². The molecule has 0 unspecified atom stereocenters. The molecule has 36 heavy (non-hydrogen) atoms. The molecule has 0 N–H and O–H groups in total. The molecule has 0 radical (unpaired) electrons. The molecule has 0 fully saturated rings. The number of benzene rings is 3. The largest absolute Gasteiger partial charge is 0.487 e. The number of hydrogen-bond donors (Lipinski definition) is 0. The van der Waals surface area contributed by atoms with Crippen molar-refractivity contribution in [1.82, 2.24) is 0 Å². The van der Waals surface area contributed by atoms with Crippen LogP contribution in [0.15, 0.2) is 48.5 Å². The molecular formula is C28H28O8. The number of ether oxygens (including phenoxy) is 6. The molecule has 0 atom stereocenters. The van der Waals surface area contributed by atoms with Gasteiger partial charge in [-0.3, -0.25) is 9.59 Å². The first-order valence-electron chi connectivity index (χ1n) is 12.1. The van der Waals surface area contributed by atoms with Crippen molar-refractivity contribution in [3.8, 4) is 11.5 Å². The Balaban J connectivity index is 1.42. The zero-order chi connectivity index (χ0) is 24.7. The Bertz CT molecular complexity index is 1160. The van der Waals surface area contributed by atoms with Gasteiger partial charge in [-0.05, 0) is 35.0 Å². The van der Waals surface area contributed by atoms with E-state index in [1.54, 1.807) is 36.4 Å². The van der Waals surface area contributed by atoms with Crippen LogP contribution in [0.4, 0.5) is 0 Å². The van der Waals surface area contributed by atoms with E-state index in [0.717, 1.165) is 10.8 Å². The Morgan fingerprint density at radius 3 is 1.19 bits per heavy atom. The summed E-state index contributed by atoms with van der Waals surface area (Å²) in [6, 6.07) is 14.1. The summed E-state index contributed by atoms with van der Waals surface area (Å²) in [6.45, 7) is 4.28. The molecule has 0 spiro atoms. The first-order valence-corrected chi connectivity index (χ1v) is 12.1. The van der Waals surface area contributed by atoms with Crippen LogP contribution in [-0.2, 0) is 18.9 Å². The SMILES string of the molecule is O=C1c2ccccc2C(=O)c2cc3cc4c(cc3cc21)OCCOCCOCCOCCOCCO4. The summed E-state index contributed by atoms with van der Waals surface area (Å²) >= 11 is 0. The maximum atomic E-state index is 13.1. The van der Waals surface area contributed by atoms with Gasteiger partial charge in [0.2, 0.25) is 0 Å². The number of ketones is 2. The third-order valence-corrected chi connectivity index (χ3v) is 6.03. The van der Waals surface area contributed by atoms with Crippen molar-refractivity contribution in [2.24, 2.45) is 0 Å². The molecule has 0 aromatic heterocycles. The van der Waals surface area contributed by atoms with Crippen LogP contribution in [0.2, 0.25) is 0 Å². The average Bonchev–Trinajstić information content (AvgIpc) is 2.90. The number of hydrogen-bond acceptors (Lipinski definition) is 8. The molecule has 1 aliphatic carbocycles. The maximum absolute atomic E-state index is 13.1. The summed E-state index contributed by atoms with van der Waals surface area (Å²) in [4.78, 5) is 26.3. The van der Waals surface area contributed by atoms with Crippen molar-refractivity contribution >= 4 is 22.3 Å². The lowest BCUT2D eigenvalue weighted by Gasteiger charge is -2.19. The Labute approximate surface area is 209 Å². The Kier molecular flexibility index (Phi) is 7.88. The molecular weight excluding hydrogens is 464 g/mol. The van der Waals surface area contributed by atoms with Crippen LogP contribution in [0.1, 0.15) is 31.8 Å². The third kappa shape index (κ3) is 5.42. The van der Waals surface area contributed by atoms with Gasteiger partial charge in [0, 0.05) is 22.3 Å². The average molecular weight is 493 g/mol. The summed E-state index contributed by atoms with van der Waals surface area (Å²) in [6.07, 6.45) is 0. The minimum Gasteiger partial charge on any atom is -0.487 e. The highest BCUT2D eigenvalue weighted by Crippen LogP contribution is 2.36. The van der Waals surface area contributed by atoms with E-state index in [-0.39, 0.29) is 11.6 Å². The predicted octanol–water partition coefficient (Wildman–Crippen LogP) is 3.45. The van der Waals surface area contributed by atoms with Gasteiger partial charge in [0.05, 0.1) is 52.9 Å². The van der Waals surface area contributed by atoms with Crippen molar-refractivity contribution in [2.45, 2.75) is 0 Å². The molecule has 1 heterocycles. The zero-order valence-electron chi connectivity index (χ0n) is 20.0. The monoisotopic (exact) mass is 492 g/mol. The molecule has 1 aliphatic heterocycles. The molecule has 188 valence electrons. The van der Waals surface area contributed by atoms with E-state index >= 15 is 0 Å². The van der Waals surface area contributed by atoms with Crippen LogP contribution < -0.4 is 9.47 Å². The predicted molar refractivity (Wildman–Crippen MR) is 132 cm³/mol. The molecule has 0 saturated heterocycles. The van der Waals surface area contributed by atoms with Crippen LogP contribution >= 0.6 is 0 Å². The van der Waals surface area contributed by atoms with Crippen LogP contribution in [0.3, 0.4) is 0 Å². The Morgan fingerprint density at radius 2 is 0.806 bits per heavy atom. The van der Waals surface area contributed by atoms with Crippen LogP contribution in [0, 0.1) is 0 Å². The van der Waals surface area contributed by atoms with Gasteiger partial charge < -0.3 is 28.4 Å². The van der Waals surface area contributed by atoms with Crippen LogP contribution in [0.25, 0.3) is 10.8 Å². The quantitative estimate of drug-likeness (QED) is 0.369. The van der Waals surface area contributed by atoms with Crippen LogP contribution in [-0.4, -0.2) is 77.6 Å². The van der Waals surface area contributed by atoms with Gasteiger partial charge in [0.15, 0.2) is 23.1 Å². The lowest BCUT2D eigenvalue weighted by molar-refractivity contribution is -0.00840. The second-order valence-electron chi connectivity index (χ2n) is 8.39. The number of carbonyl (C=O) groups excluding carboxylic acids is 2. The molecule has 2 aliphatic rings. The first kappa shape index (κ1) is 24.4. The summed E-state index contributed by atoms with van der Waals surface area (Å²) in [5.74, 6) is 0.744. The highest BCUT2D eigenvalue weighted by molar-refractivity contribution is 6.29. The lowest BCUT2D eigenvalue weighted by Crippen LogP contribution is -2.20. The number of fused-ring (bicyclic) bond motifs is 4. The number of rotatable bonds is 0. The highest BCUT2D eigenvalue weighted by Gasteiger charge is 2.29. The summed E-state index contributed by atoms with van der Waals surface area (Å²) in [7, 11) is 0. The topological polar surface area (TPSA) is 89.5 Å². The molecule has 8 nitrogen and oxygen atoms in total. The van der Waals surface area contributed by atoms with Crippen molar-refractivity contribution in [2.75, 3.05) is 66.1 Å². The second kappa shape index (κ2) is 11.6. The molecule has 8 heteroatoms. The summed E-state index contributed by atoms with van der Waals surface area (Å²) in [5, 5.41) is 1.56. The van der Waals surface area contributed by atoms with Gasteiger partial charge in [0.25, 0.3) is 0 Å². The van der Waals surface area contributed by atoms with Gasteiger partial charge in [-0.15, -0.1) is 0 Å². The van der Waals surface area contributed by atoms with Gasteiger partial charge in [-0.2, -0.15) is 0 Å². The van der Waals surface area contributed by atoms with E-state index < -0.39 is 0 Å². The highest BCUT2D eigenvalue weighted by atomic mass is 16.6. The molecule has 3 aromatic carbocycles. The Hall–Kier alpha value is -3.30. The van der Waals surface area contributed by atoms with E-state index in [1.165, 1.54) is 0 Å². The molecule has 0 amide bonds. The van der Waals surface area contributed by atoms with Gasteiger partial charge >= 0.3 is 0 Å². The van der Waals surface area contributed by atoms with E-state index in [1.807, 2.05) is 12.1 Å². The second-order valence-corrected chi connectivity index (χ2v) is 8.39. The van der Waals surface area contributed by atoms with E-state index in [2.05, 4.69) is 0 Å². The third-order valence-electron chi connectivity index (χ3n) is 6.03. The fourth-order valence-electron chi connectivity index (χ4n) is 4.26. The van der Waals surface area contributed by atoms with Crippen molar-refractivity contribution < 1.29 is 38.0 Å². The normalized spacial score (nSPS) is 18.1. The first-order chi connectivity index (χ1) is 17.7. The fraction of sp³-hybridized carbons (Fsp3) is 0.357. The zero-order valence-corrected chi connectivity index (χ0v) is 20.0. The fourth-order valence-corrected chi connectivity index (χ4v) is 4.26. The minimum atomic E-state index is -0.158. The summed E-state index contributed by atoms with van der Waals surface area (Å²) in [5.41, 5.74) is 1.64. The van der Waals surface area contributed by atoms with Gasteiger partial charge in [-0.1, -0.05) is 24.3 Å². The lowest BCUT2D eigenvalue weighted by atomic mass is 9.83. The van der Waals surface area contributed by atoms with Crippen LogP contribution in [0.5, 0.6) is 11.5 Å². The molecule has 3 aromatic rings. The minimum absolute atomic E-state index is 0.158. The van der Waals surface area contributed by atoms with Crippen molar-refractivity contribution in [3.05, 3.63) is 70.8 Å². The van der Waals surface area contributed by atoms with Crippen molar-refractivity contribution in [3.63, 3.8) is 0 Å². The maximum Gasteiger partial charge on any atom is 0.194 e. The molecule has 0 bridgehead atoms. The molecule has 0 saturated carbocycles. The van der Waals surface area contributed by atoms with Gasteiger partial charge in [0.1, 0.15) is 13.2 Å². The van der Waals surface area contributed by atoms with E-state index in [4.69, 9.17) is 28.4 Å². The summed E-state index contributed by atoms with van der Waals surface area (Å²) < 4.78 is 34.1.